The van der Waals surface area contributed by atoms with Crippen molar-refractivity contribution >= 4 is 11.3 Å². The minimum Gasteiger partial charge on any atom is -0.318 e. The van der Waals surface area contributed by atoms with Gasteiger partial charge in [-0.25, -0.2) is 4.98 Å². The summed E-state index contributed by atoms with van der Waals surface area (Å²) in [5.41, 5.74) is 2.99. The topological polar surface area (TPSA) is 37.0 Å². The maximum atomic E-state index is 4.15. The third-order valence-electron chi connectivity index (χ3n) is 1.34. The molecular weight excluding hydrogens is 158 g/mol. The smallest absolute Gasteiger partial charge is 0.0795 e. The summed E-state index contributed by atoms with van der Waals surface area (Å²) in [4.78, 5) is 4.15. The van der Waals surface area contributed by atoms with Gasteiger partial charge >= 0.3 is 0 Å². The van der Waals surface area contributed by atoms with E-state index >= 15 is 0 Å². The fourth-order valence-electron chi connectivity index (χ4n) is 0.755. The molecule has 0 bridgehead atoms. The second-order valence-corrected chi connectivity index (χ2v) is 2.98. The number of hydrogen-bond acceptors (Lipinski definition) is 4. The van der Waals surface area contributed by atoms with Crippen LogP contribution in [0.5, 0.6) is 0 Å². The van der Waals surface area contributed by atoms with E-state index in [0.717, 1.165) is 25.3 Å². The van der Waals surface area contributed by atoms with Crippen molar-refractivity contribution in [3.05, 3.63) is 16.6 Å². The molecule has 1 rings (SSSR count). The second kappa shape index (κ2) is 5.23. The van der Waals surface area contributed by atoms with E-state index in [4.69, 9.17) is 0 Å². The summed E-state index contributed by atoms with van der Waals surface area (Å²) in [6.45, 7) is 2.88. The van der Waals surface area contributed by atoms with Gasteiger partial charge in [-0.05, 0) is 7.05 Å². The lowest BCUT2D eigenvalue weighted by Crippen LogP contribution is -2.24. The van der Waals surface area contributed by atoms with Crippen LogP contribution in [0.1, 0.15) is 5.69 Å². The van der Waals surface area contributed by atoms with E-state index in [0.29, 0.717) is 0 Å². The summed E-state index contributed by atoms with van der Waals surface area (Å²) in [6.07, 6.45) is 0. The molecule has 0 aliphatic rings. The molecule has 0 saturated heterocycles. The van der Waals surface area contributed by atoms with E-state index in [1.54, 1.807) is 11.3 Å². The fraction of sp³-hybridized carbons (Fsp3) is 0.571. The van der Waals surface area contributed by atoms with E-state index in [2.05, 4.69) is 21.0 Å². The molecule has 1 heterocycles. The number of nitrogens with one attached hydrogen (secondary N) is 2. The molecule has 0 amide bonds. The number of thiazole rings is 1. The van der Waals surface area contributed by atoms with E-state index in [1.165, 1.54) is 0 Å². The van der Waals surface area contributed by atoms with Crippen molar-refractivity contribution in [1.29, 1.82) is 0 Å². The second-order valence-electron chi connectivity index (χ2n) is 2.26. The molecule has 3 nitrogen and oxygen atoms in total. The molecule has 62 valence electrons. The van der Waals surface area contributed by atoms with Gasteiger partial charge in [0.25, 0.3) is 0 Å². The Morgan fingerprint density at radius 2 is 2.45 bits per heavy atom. The molecule has 0 aliphatic carbocycles. The first-order chi connectivity index (χ1) is 5.43. The third-order valence-corrected chi connectivity index (χ3v) is 1.98. The lowest BCUT2D eigenvalue weighted by Gasteiger charge is -2.00. The SMILES string of the molecule is CNCCNCc1cscn1. The number of likely N-dealkylation sites (N-methyl/N-ethyl adjacent to an activating group) is 1. The zero-order valence-corrected chi connectivity index (χ0v) is 7.45. The highest BCUT2D eigenvalue weighted by molar-refractivity contribution is 7.07. The molecule has 0 saturated carbocycles. The molecule has 1 aromatic rings. The van der Waals surface area contributed by atoms with Gasteiger partial charge in [0.1, 0.15) is 0 Å². The Morgan fingerprint density at radius 1 is 1.55 bits per heavy atom. The van der Waals surface area contributed by atoms with Crippen LogP contribution in [-0.4, -0.2) is 25.1 Å². The van der Waals surface area contributed by atoms with Crippen LogP contribution in [0.4, 0.5) is 0 Å². The lowest BCUT2D eigenvalue weighted by atomic mass is 10.5. The lowest BCUT2D eigenvalue weighted by molar-refractivity contribution is 0.644. The summed E-state index contributed by atoms with van der Waals surface area (Å²) in [5.74, 6) is 0. The molecule has 2 N–H and O–H groups in total. The standard InChI is InChI=1S/C7H13N3S/c1-8-2-3-9-4-7-5-11-6-10-7/h5-6,8-9H,2-4H2,1H3. The fourth-order valence-corrected chi connectivity index (χ4v) is 1.31. The highest BCUT2D eigenvalue weighted by atomic mass is 32.1. The Hall–Kier alpha value is -0.450. The first-order valence-corrected chi connectivity index (χ1v) is 4.60. The number of rotatable bonds is 5. The third kappa shape index (κ3) is 3.46. The van der Waals surface area contributed by atoms with Gasteiger partial charge < -0.3 is 10.6 Å². The van der Waals surface area contributed by atoms with Crippen molar-refractivity contribution in [1.82, 2.24) is 15.6 Å². The molecule has 0 aromatic carbocycles. The summed E-state index contributed by atoms with van der Waals surface area (Å²) >= 11 is 1.64. The average Bonchev–Trinajstić information content (AvgIpc) is 2.50. The summed E-state index contributed by atoms with van der Waals surface area (Å²) in [5, 5.41) is 8.40. The zero-order valence-electron chi connectivity index (χ0n) is 6.63. The first kappa shape index (κ1) is 8.64. The van der Waals surface area contributed by atoms with Gasteiger partial charge in [-0.3, -0.25) is 0 Å². The van der Waals surface area contributed by atoms with E-state index in [1.807, 2.05) is 12.6 Å². The van der Waals surface area contributed by atoms with Gasteiger partial charge in [-0.15, -0.1) is 11.3 Å². The summed E-state index contributed by atoms with van der Waals surface area (Å²) in [7, 11) is 1.95. The van der Waals surface area contributed by atoms with Crippen molar-refractivity contribution in [2.24, 2.45) is 0 Å². The highest BCUT2D eigenvalue weighted by Gasteiger charge is 1.91. The maximum Gasteiger partial charge on any atom is 0.0795 e. The van der Waals surface area contributed by atoms with E-state index < -0.39 is 0 Å². The van der Waals surface area contributed by atoms with E-state index in [-0.39, 0.29) is 0 Å². The van der Waals surface area contributed by atoms with Crippen LogP contribution in [0.15, 0.2) is 10.9 Å². The molecule has 4 heteroatoms. The maximum absolute atomic E-state index is 4.15. The number of hydrogen-bond donors (Lipinski definition) is 2. The quantitative estimate of drug-likeness (QED) is 0.632. The highest BCUT2D eigenvalue weighted by Crippen LogP contribution is 1.98. The van der Waals surface area contributed by atoms with Gasteiger partial charge in [0.15, 0.2) is 0 Å². The Balaban J connectivity index is 2.04. The largest absolute Gasteiger partial charge is 0.318 e. The minimum atomic E-state index is 0.880. The van der Waals surface area contributed by atoms with Gasteiger partial charge in [0, 0.05) is 25.0 Å². The van der Waals surface area contributed by atoms with Gasteiger partial charge in [-0.1, -0.05) is 0 Å². The molecular formula is C7H13N3S. The predicted octanol–water partition coefficient (Wildman–Crippen LogP) is 0.452. The first-order valence-electron chi connectivity index (χ1n) is 3.66. The van der Waals surface area contributed by atoms with Crippen molar-refractivity contribution in [2.75, 3.05) is 20.1 Å². The Bertz CT molecular complexity index is 174. The van der Waals surface area contributed by atoms with Crippen LogP contribution < -0.4 is 10.6 Å². The van der Waals surface area contributed by atoms with Crippen LogP contribution in [-0.2, 0) is 6.54 Å². The average molecular weight is 171 g/mol. The van der Waals surface area contributed by atoms with Crippen LogP contribution in [0.2, 0.25) is 0 Å². The van der Waals surface area contributed by atoms with Crippen LogP contribution >= 0.6 is 11.3 Å². The van der Waals surface area contributed by atoms with Crippen molar-refractivity contribution in [2.45, 2.75) is 6.54 Å². The zero-order chi connectivity index (χ0) is 7.94. The summed E-state index contributed by atoms with van der Waals surface area (Å²) in [6, 6.07) is 0. The van der Waals surface area contributed by atoms with Crippen molar-refractivity contribution in [3.8, 4) is 0 Å². The van der Waals surface area contributed by atoms with Gasteiger partial charge in [-0.2, -0.15) is 0 Å². The molecule has 0 fully saturated rings. The Labute approximate surface area is 70.9 Å². The molecule has 1 aromatic heterocycles. The Morgan fingerprint density at radius 3 is 3.09 bits per heavy atom. The Kier molecular flexibility index (Phi) is 4.11. The monoisotopic (exact) mass is 171 g/mol. The van der Waals surface area contributed by atoms with Crippen molar-refractivity contribution < 1.29 is 0 Å². The molecule has 0 aliphatic heterocycles. The molecule has 0 radical (unpaired) electrons. The predicted molar refractivity (Wildman–Crippen MR) is 47.7 cm³/mol. The van der Waals surface area contributed by atoms with Gasteiger partial charge in [0.2, 0.25) is 0 Å². The minimum absolute atomic E-state index is 0.880. The molecule has 0 spiro atoms. The molecule has 11 heavy (non-hydrogen) atoms. The van der Waals surface area contributed by atoms with Crippen LogP contribution in [0, 0.1) is 0 Å². The van der Waals surface area contributed by atoms with Crippen LogP contribution in [0.3, 0.4) is 0 Å². The molecule has 0 unspecified atom stereocenters. The number of nitrogens with zero attached hydrogens (tertiary/aromatic N) is 1. The van der Waals surface area contributed by atoms with Gasteiger partial charge in [0.05, 0.1) is 11.2 Å². The number of aromatic nitrogens is 1. The van der Waals surface area contributed by atoms with Crippen LogP contribution in [0.25, 0.3) is 0 Å². The van der Waals surface area contributed by atoms with E-state index in [9.17, 15) is 0 Å². The molecule has 0 atom stereocenters. The summed E-state index contributed by atoms with van der Waals surface area (Å²) < 4.78 is 0. The van der Waals surface area contributed by atoms with Crippen molar-refractivity contribution in [3.63, 3.8) is 0 Å². The normalized spacial score (nSPS) is 10.3.